The smallest absolute Gasteiger partial charge is 0.266 e. The molecule has 1 aliphatic heterocycles. The molecule has 0 radical (unpaired) electrons. The molecule has 2 unspecified atom stereocenters. The summed E-state index contributed by atoms with van der Waals surface area (Å²) in [4.78, 5) is 19.2. The van der Waals surface area contributed by atoms with Crippen molar-refractivity contribution in [3.63, 3.8) is 0 Å². The maximum absolute atomic E-state index is 12.7. The lowest BCUT2D eigenvalue weighted by Gasteiger charge is -2.14. The molecule has 1 fully saturated rings. The molecular weight excluding hydrogens is 290 g/mol. The van der Waals surface area contributed by atoms with E-state index >= 15 is 0 Å². The van der Waals surface area contributed by atoms with E-state index in [1.54, 1.807) is 25.3 Å². The zero-order valence-electron chi connectivity index (χ0n) is 11.9. The number of carbonyl (C=O) groups excluding carboxylic acids is 1. The number of rotatable bonds is 3. The van der Waals surface area contributed by atoms with E-state index in [-0.39, 0.29) is 18.1 Å². The number of likely N-dealkylation sites (tertiary alicyclic amines) is 1. The molecule has 2 N–H and O–H groups in total. The number of hydrogen-bond donors (Lipinski definition) is 1. The van der Waals surface area contributed by atoms with Crippen molar-refractivity contribution < 1.29 is 14.3 Å². The van der Waals surface area contributed by atoms with Crippen LogP contribution in [0.4, 0.5) is 5.69 Å². The van der Waals surface area contributed by atoms with Crippen LogP contribution in [0.2, 0.25) is 0 Å². The molecule has 0 aliphatic carbocycles. The Bertz CT molecular complexity index is 661. The summed E-state index contributed by atoms with van der Waals surface area (Å²) in [5.74, 6) is -0.0860. The molecule has 2 aromatic rings. The van der Waals surface area contributed by atoms with Crippen LogP contribution in [0.3, 0.4) is 0 Å². The number of ether oxygens (including phenoxy) is 2. The van der Waals surface area contributed by atoms with Crippen LogP contribution in [0.15, 0.2) is 18.3 Å². The fourth-order valence-electron chi connectivity index (χ4n) is 2.61. The largest absolute Gasteiger partial charge is 0.396 e. The predicted molar refractivity (Wildman–Crippen MR) is 81.5 cm³/mol. The van der Waals surface area contributed by atoms with Gasteiger partial charge in [0.25, 0.3) is 5.91 Å². The normalized spacial score (nSPS) is 22.1. The van der Waals surface area contributed by atoms with E-state index in [0.29, 0.717) is 29.2 Å². The molecular formula is C14H17N3O3S. The first-order valence-electron chi connectivity index (χ1n) is 6.63. The Morgan fingerprint density at radius 3 is 2.62 bits per heavy atom. The van der Waals surface area contributed by atoms with E-state index in [1.807, 2.05) is 12.1 Å². The highest BCUT2D eigenvalue weighted by Gasteiger charge is 2.37. The zero-order valence-corrected chi connectivity index (χ0v) is 12.7. The Hall–Kier alpha value is -1.70. The molecule has 112 valence electrons. The first kappa shape index (κ1) is 14.2. The molecule has 0 spiro atoms. The number of carbonyl (C=O) groups is 1. The number of nitrogens with two attached hydrogens (primary N) is 1. The molecule has 3 heterocycles. The van der Waals surface area contributed by atoms with E-state index in [2.05, 4.69) is 4.98 Å². The van der Waals surface area contributed by atoms with Crippen LogP contribution < -0.4 is 5.73 Å². The van der Waals surface area contributed by atoms with Crippen molar-refractivity contribution in [3.05, 3.63) is 23.2 Å². The first-order chi connectivity index (χ1) is 10.2. The maximum atomic E-state index is 12.7. The van der Waals surface area contributed by atoms with Gasteiger partial charge in [-0.2, -0.15) is 0 Å². The lowest BCUT2D eigenvalue weighted by Crippen LogP contribution is -2.29. The molecule has 1 aliphatic rings. The Morgan fingerprint density at radius 1 is 1.38 bits per heavy atom. The van der Waals surface area contributed by atoms with Gasteiger partial charge < -0.3 is 20.1 Å². The van der Waals surface area contributed by atoms with Crippen LogP contribution >= 0.6 is 11.3 Å². The number of anilines is 1. The Morgan fingerprint density at radius 2 is 2.05 bits per heavy atom. The van der Waals surface area contributed by atoms with Gasteiger partial charge >= 0.3 is 0 Å². The molecule has 0 aromatic carbocycles. The summed E-state index contributed by atoms with van der Waals surface area (Å²) in [6.45, 7) is 1.02. The zero-order chi connectivity index (χ0) is 15.0. The number of pyridine rings is 1. The molecule has 0 bridgehead atoms. The topological polar surface area (TPSA) is 77.7 Å². The van der Waals surface area contributed by atoms with Crippen molar-refractivity contribution in [3.8, 4) is 0 Å². The maximum Gasteiger partial charge on any atom is 0.266 e. The van der Waals surface area contributed by atoms with Crippen molar-refractivity contribution in [1.82, 2.24) is 9.88 Å². The number of thiophene rings is 1. The van der Waals surface area contributed by atoms with Gasteiger partial charge in [0.05, 0.1) is 10.4 Å². The summed E-state index contributed by atoms with van der Waals surface area (Å²) in [5, 5.41) is 0. The van der Waals surface area contributed by atoms with Crippen LogP contribution in [-0.2, 0) is 9.47 Å². The fraction of sp³-hybridized carbons (Fsp3) is 0.429. The number of fused-ring (bicyclic) bond motifs is 1. The number of nitrogen functional groups attached to an aromatic ring is 1. The Balaban J connectivity index is 1.89. The second kappa shape index (κ2) is 5.59. The van der Waals surface area contributed by atoms with Crippen molar-refractivity contribution in [2.24, 2.45) is 0 Å². The minimum atomic E-state index is -0.104. The third-order valence-corrected chi connectivity index (χ3v) is 4.93. The number of aromatic nitrogens is 1. The average Bonchev–Trinajstić information content (AvgIpc) is 3.08. The monoisotopic (exact) mass is 307 g/mol. The summed E-state index contributed by atoms with van der Waals surface area (Å²) < 4.78 is 11.6. The summed E-state index contributed by atoms with van der Waals surface area (Å²) in [5.41, 5.74) is 7.23. The van der Waals surface area contributed by atoms with Crippen molar-refractivity contribution in [1.29, 1.82) is 0 Å². The molecule has 7 heteroatoms. The molecule has 1 amide bonds. The van der Waals surface area contributed by atoms with Gasteiger partial charge in [-0.05, 0) is 12.1 Å². The minimum Gasteiger partial charge on any atom is -0.396 e. The van der Waals surface area contributed by atoms with E-state index in [0.717, 1.165) is 4.70 Å². The van der Waals surface area contributed by atoms with E-state index < -0.39 is 0 Å². The van der Waals surface area contributed by atoms with Crippen LogP contribution in [0.25, 0.3) is 10.2 Å². The summed E-state index contributed by atoms with van der Waals surface area (Å²) >= 11 is 1.38. The third-order valence-electron chi connectivity index (χ3n) is 3.78. The standard InChI is InChI=1S/C14H17N3O3S/c1-19-8-6-17(7-9(8)20-2)14(18)13-11(15)12-10(21-13)4-3-5-16-12/h3-5,8-9H,6-7,15H2,1-2H3. The molecule has 1 saturated heterocycles. The summed E-state index contributed by atoms with van der Waals surface area (Å²) in [6, 6.07) is 3.75. The minimum absolute atomic E-state index is 0.0860. The number of methoxy groups -OCH3 is 2. The third kappa shape index (κ3) is 2.37. The second-order valence-corrected chi connectivity index (χ2v) is 6.01. The molecule has 21 heavy (non-hydrogen) atoms. The highest BCUT2D eigenvalue weighted by Crippen LogP contribution is 2.33. The highest BCUT2D eigenvalue weighted by molar-refractivity contribution is 7.21. The molecule has 0 saturated carbocycles. The van der Waals surface area contributed by atoms with Gasteiger partial charge in [0.2, 0.25) is 0 Å². The van der Waals surface area contributed by atoms with Crippen molar-refractivity contribution in [2.75, 3.05) is 33.0 Å². The van der Waals surface area contributed by atoms with Gasteiger partial charge in [-0.3, -0.25) is 9.78 Å². The average molecular weight is 307 g/mol. The van der Waals surface area contributed by atoms with Gasteiger partial charge in [0.1, 0.15) is 22.6 Å². The van der Waals surface area contributed by atoms with Crippen LogP contribution in [-0.4, -0.2) is 55.3 Å². The molecule has 2 atom stereocenters. The van der Waals surface area contributed by atoms with Gasteiger partial charge in [-0.25, -0.2) is 0 Å². The van der Waals surface area contributed by atoms with Crippen molar-refractivity contribution in [2.45, 2.75) is 12.2 Å². The number of hydrogen-bond acceptors (Lipinski definition) is 6. The summed E-state index contributed by atoms with van der Waals surface area (Å²) in [7, 11) is 3.25. The number of nitrogens with zero attached hydrogens (tertiary/aromatic N) is 2. The molecule has 3 rings (SSSR count). The Kier molecular flexibility index (Phi) is 3.79. The Labute approximate surface area is 126 Å². The molecule has 2 aromatic heterocycles. The highest BCUT2D eigenvalue weighted by atomic mass is 32.1. The van der Waals surface area contributed by atoms with Gasteiger partial charge in [-0.1, -0.05) is 0 Å². The lowest BCUT2D eigenvalue weighted by atomic mass is 10.3. The quantitative estimate of drug-likeness (QED) is 0.926. The summed E-state index contributed by atoms with van der Waals surface area (Å²) in [6.07, 6.45) is 1.47. The number of amides is 1. The van der Waals surface area contributed by atoms with E-state index in [1.165, 1.54) is 11.3 Å². The van der Waals surface area contributed by atoms with E-state index in [4.69, 9.17) is 15.2 Å². The molecule has 6 nitrogen and oxygen atoms in total. The van der Waals surface area contributed by atoms with Gasteiger partial charge in [-0.15, -0.1) is 11.3 Å². The second-order valence-electron chi connectivity index (χ2n) is 4.95. The van der Waals surface area contributed by atoms with E-state index in [9.17, 15) is 4.79 Å². The van der Waals surface area contributed by atoms with Crippen LogP contribution in [0.1, 0.15) is 9.67 Å². The van der Waals surface area contributed by atoms with Gasteiger partial charge in [0, 0.05) is 33.5 Å². The SMILES string of the molecule is COC1CN(C(=O)c2sc3cccnc3c2N)CC1OC. The van der Waals surface area contributed by atoms with Crippen LogP contribution in [0, 0.1) is 0 Å². The van der Waals surface area contributed by atoms with Crippen molar-refractivity contribution >= 4 is 33.1 Å². The fourth-order valence-corrected chi connectivity index (χ4v) is 3.66. The van der Waals surface area contributed by atoms with Crippen LogP contribution in [0.5, 0.6) is 0 Å². The predicted octanol–water partition coefficient (Wildman–Crippen LogP) is 1.36. The lowest BCUT2D eigenvalue weighted by molar-refractivity contribution is -0.00461. The van der Waals surface area contributed by atoms with Gasteiger partial charge in [0.15, 0.2) is 0 Å². The first-order valence-corrected chi connectivity index (χ1v) is 7.45.